The van der Waals surface area contributed by atoms with Crippen LogP contribution in [0.1, 0.15) is 54.2 Å². The lowest BCUT2D eigenvalue weighted by Gasteiger charge is -2.35. The molecule has 0 aliphatic carbocycles. The molecule has 3 aliphatic rings. The number of pyridine rings is 1. The van der Waals surface area contributed by atoms with Crippen molar-refractivity contribution in [3.05, 3.63) is 71.8 Å². The van der Waals surface area contributed by atoms with Gasteiger partial charge in [0.25, 0.3) is 5.91 Å². The van der Waals surface area contributed by atoms with Crippen LogP contribution in [0, 0.1) is 0 Å². The number of piperidine rings is 1. The van der Waals surface area contributed by atoms with Gasteiger partial charge < -0.3 is 15.1 Å². The second-order valence-electron chi connectivity index (χ2n) is 13.4. The Kier molecular flexibility index (Phi) is 8.62. The second kappa shape index (κ2) is 13.4. The first-order valence-corrected chi connectivity index (χ1v) is 18.2. The fraction of sp³-hybridized carbons (Fsp3) is 0.353. The zero-order chi connectivity index (χ0) is 36.1. The molecule has 1 atom stereocenters. The van der Waals surface area contributed by atoms with E-state index in [0.717, 1.165) is 64.7 Å². The number of carbonyl (C=O) groups excluding carboxylic acids is 3. The van der Waals surface area contributed by atoms with Crippen LogP contribution in [0.25, 0.3) is 22.3 Å². The zero-order valence-corrected chi connectivity index (χ0v) is 29.4. The van der Waals surface area contributed by atoms with E-state index in [-0.39, 0.29) is 24.3 Å². The molecule has 5 aromatic rings. The molecule has 7 heterocycles. The molecule has 8 rings (SSSR count). The molecule has 0 radical (unpaired) electrons. The van der Waals surface area contributed by atoms with E-state index in [1.165, 1.54) is 12.4 Å². The number of imide groups is 1. The average Bonchev–Trinajstić information content (AvgIpc) is 3.85. The van der Waals surface area contributed by atoms with E-state index in [0.29, 0.717) is 41.6 Å². The Balaban J connectivity index is 0.935. The van der Waals surface area contributed by atoms with Crippen molar-refractivity contribution < 1.29 is 22.8 Å². The highest BCUT2D eigenvalue weighted by atomic mass is 32.2. The van der Waals surface area contributed by atoms with Gasteiger partial charge in [0.1, 0.15) is 17.7 Å². The summed E-state index contributed by atoms with van der Waals surface area (Å²) in [6.45, 7) is 8.46. The molecular formula is C34H36N12O5S. The summed E-state index contributed by atoms with van der Waals surface area (Å²) in [5.74, 6) is 1.40. The number of nitrogens with one attached hydrogen (secondary N) is 2. The van der Waals surface area contributed by atoms with Crippen LogP contribution >= 0.6 is 0 Å². The van der Waals surface area contributed by atoms with Crippen LogP contribution in [0.3, 0.4) is 0 Å². The lowest BCUT2D eigenvalue weighted by molar-refractivity contribution is -0.136. The van der Waals surface area contributed by atoms with Crippen molar-refractivity contribution in [2.75, 3.05) is 36.4 Å². The number of aromatic nitrogens is 7. The molecular weight excluding hydrogens is 689 g/mol. The number of piperazine rings is 1. The zero-order valence-electron chi connectivity index (χ0n) is 28.5. The molecule has 2 saturated heterocycles. The van der Waals surface area contributed by atoms with Crippen LogP contribution in [0.2, 0.25) is 0 Å². The number of hydrogen-bond donors (Lipinski definition) is 3. The minimum Gasteiger partial charge on any atom is -0.352 e. The van der Waals surface area contributed by atoms with Crippen LogP contribution in [0.15, 0.2) is 55.1 Å². The van der Waals surface area contributed by atoms with Crippen molar-refractivity contribution >= 4 is 57.0 Å². The van der Waals surface area contributed by atoms with Crippen molar-refractivity contribution in [1.82, 2.24) is 49.0 Å². The Morgan fingerprint density at radius 1 is 1.00 bits per heavy atom. The van der Waals surface area contributed by atoms with Crippen LogP contribution < -0.4 is 15.5 Å². The molecule has 1 aromatic carbocycles. The van der Waals surface area contributed by atoms with Gasteiger partial charge in [-0.3, -0.25) is 29.3 Å². The van der Waals surface area contributed by atoms with Crippen molar-refractivity contribution in [3.8, 4) is 11.4 Å². The van der Waals surface area contributed by atoms with Crippen molar-refractivity contribution in [1.29, 1.82) is 0 Å². The second-order valence-corrected chi connectivity index (χ2v) is 14.3. The Hall–Kier alpha value is -5.75. The quantitative estimate of drug-likeness (QED) is 0.148. The number of carbonyl (C=O) groups is 3. The van der Waals surface area contributed by atoms with E-state index in [1.807, 2.05) is 29.1 Å². The van der Waals surface area contributed by atoms with Gasteiger partial charge in [-0.15, -0.1) is 0 Å². The maximum atomic E-state index is 13.1. The number of amides is 3. The van der Waals surface area contributed by atoms with Gasteiger partial charge in [-0.25, -0.2) is 23.4 Å². The first kappa shape index (κ1) is 33.4. The number of hydrogen-bond acceptors (Lipinski definition) is 13. The lowest BCUT2D eigenvalue weighted by atomic mass is 10.0. The first-order valence-electron chi connectivity index (χ1n) is 17.0. The molecule has 0 spiro atoms. The number of anilines is 3. The lowest BCUT2D eigenvalue weighted by Crippen LogP contribution is -2.52. The first-order chi connectivity index (χ1) is 25.1. The SMILES string of the molecule is CC(C)n1nc(N2CCN(Cc3ccc4c(c3)CN(C3CCC(=O)NC3=O)C4=O)CC2)c2cnc(Nc3ccnc(-c4cnn([SH](=O)=O)c4)n3)cc21. The van der Waals surface area contributed by atoms with Crippen LogP contribution in [-0.4, -0.2) is 102 Å². The van der Waals surface area contributed by atoms with E-state index in [2.05, 4.69) is 60.4 Å². The number of fused-ring (bicyclic) bond motifs is 2. The predicted molar refractivity (Wildman–Crippen MR) is 190 cm³/mol. The summed E-state index contributed by atoms with van der Waals surface area (Å²) in [7, 11) is -2.88. The number of benzene rings is 1. The van der Waals surface area contributed by atoms with Gasteiger partial charge in [-0.2, -0.15) is 14.3 Å². The molecule has 0 bridgehead atoms. The van der Waals surface area contributed by atoms with Crippen molar-refractivity contribution in [3.63, 3.8) is 0 Å². The summed E-state index contributed by atoms with van der Waals surface area (Å²) in [6.07, 6.45) is 6.73. The molecule has 2 N–H and O–H groups in total. The largest absolute Gasteiger partial charge is 0.352 e. The number of nitrogens with zero attached hydrogens (tertiary/aromatic N) is 10. The van der Waals surface area contributed by atoms with Gasteiger partial charge in [-0.1, -0.05) is 12.1 Å². The fourth-order valence-electron chi connectivity index (χ4n) is 7.03. The normalized spacial score (nSPS) is 18.2. The van der Waals surface area contributed by atoms with Gasteiger partial charge in [0.2, 0.25) is 22.7 Å². The van der Waals surface area contributed by atoms with E-state index >= 15 is 0 Å². The minimum atomic E-state index is -2.88. The topological polar surface area (TPSA) is 193 Å². The highest BCUT2D eigenvalue weighted by molar-refractivity contribution is 7.70. The molecule has 0 saturated carbocycles. The summed E-state index contributed by atoms with van der Waals surface area (Å²) in [6, 6.07) is 9.03. The molecule has 18 heteroatoms. The summed E-state index contributed by atoms with van der Waals surface area (Å²) < 4.78 is 25.4. The van der Waals surface area contributed by atoms with Crippen molar-refractivity contribution in [2.45, 2.75) is 51.9 Å². The van der Waals surface area contributed by atoms with E-state index < -0.39 is 22.8 Å². The predicted octanol–water partition coefficient (Wildman–Crippen LogP) is 1.87. The molecule has 2 fully saturated rings. The Bertz CT molecular complexity index is 2300. The molecule has 52 heavy (non-hydrogen) atoms. The minimum absolute atomic E-state index is 0.0973. The standard InChI is InChI=1S/C34H36N12O5S/c1-20(2)46-27-14-29(38-28-7-8-35-31(39-28)23-15-37-45(19-23)52(50)51)36-16-25(27)32(41-46)43-11-9-42(10-12-43)17-21-3-4-24-22(13-21)18-44(34(24)49)26-5-6-30(47)40-33(26)48/h3-4,7-8,13-16,19-20,26,52H,5-6,9-12,17-18H2,1-2H3,(H,40,47,48)(H,35,36,38,39). The third-order valence-electron chi connectivity index (χ3n) is 9.63. The maximum absolute atomic E-state index is 13.1. The van der Waals surface area contributed by atoms with Crippen LogP contribution in [-0.2, 0) is 33.6 Å². The smallest absolute Gasteiger partial charge is 0.255 e. The summed E-state index contributed by atoms with van der Waals surface area (Å²) in [4.78, 5) is 56.9. The molecule has 268 valence electrons. The third kappa shape index (κ3) is 6.34. The number of rotatable bonds is 9. The monoisotopic (exact) mass is 724 g/mol. The van der Waals surface area contributed by atoms with Gasteiger partial charge in [0.05, 0.1) is 28.9 Å². The van der Waals surface area contributed by atoms with Gasteiger partial charge in [-0.05, 0) is 43.5 Å². The highest BCUT2D eigenvalue weighted by Gasteiger charge is 2.39. The van der Waals surface area contributed by atoms with E-state index in [1.54, 1.807) is 17.2 Å². The third-order valence-corrected chi connectivity index (χ3v) is 10.2. The molecule has 3 amide bonds. The van der Waals surface area contributed by atoms with Gasteiger partial charge >= 0.3 is 0 Å². The molecule has 17 nitrogen and oxygen atoms in total. The van der Waals surface area contributed by atoms with E-state index in [4.69, 9.17) is 5.10 Å². The summed E-state index contributed by atoms with van der Waals surface area (Å²) in [5, 5.41) is 15.4. The Morgan fingerprint density at radius 2 is 1.83 bits per heavy atom. The Labute approximate surface area is 299 Å². The highest BCUT2D eigenvalue weighted by Crippen LogP contribution is 2.32. The fourth-order valence-corrected chi connectivity index (χ4v) is 7.38. The number of thiol groups is 1. The molecule has 3 aliphatic heterocycles. The molecule has 1 unspecified atom stereocenters. The maximum Gasteiger partial charge on any atom is 0.255 e. The average molecular weight is 725 g/mol. The van der Waals surface area contributed by atoms with Crippen LogP contribution in [0.5, 0.6) is 0 Å². The summed E-state index contributed by atoms with van der Waals surface area (Å²) in [5.41, 5.74) is 4.03. The summed E-state index contributed by atoms with van der Waals surface area (Å²) >= 11 is 0. The van der Waals surface area contributed by atoms with Crippen LogP contribution in [0.4, 0.5) is 17.5 Å². The Morgan fingerprint density at radius 3 is 2.58 bits per heavy atom. The van der Waals surface area contributed by atoms with Gasteiger partial charge in [0.15, 0.2) is 11.6 Å². The van der Waals surface area contributed by atoms with Gasteiger partial charge in [0, 0.05) is 75.8 Å². The molecule has 4 aromatic heterocycles. The van der Waals surface area contributed by atoms with E-state index in [9.17, 15) is 22.8 Å². The van der Waals surface area contributed by atoms with Crippen molar-refractivity contribution in [2.24, 2.45) is 0 Å².